The summed E-state index contributed by atoms with van der Waals surface area (Å²) < 4.78 is 5.95. The molecule has 4 nitrogen and oxygen atoms in total. The largest absolute Gasteiger partial charge is 0.373 e. The van der Waals surface area contributed by atoms with Gasteiger partial charge in [0.2, 0.25) is 0 Å². The van der Waals surface area contributed by atoms with Crippen molar-refractivity contribution in [1.82, 2.24) is 15.3 Å². The Balaban J connectivity index is 1.80. The predicted octanol–water partition coefficient (Wildman–Crippen LogP) is 2.37. The first kappa shape index (κ1) is 12.4. The lowest BCUT2D eigenvalue weighted by Gasteiger charge is -2.28. The summed E-state index contributed by atoms with van der Waals surface area (Å²) in [5.41, 5.74) is 2.73. The van der Waals surface area contributed by atoms with Crippen LogP contribution in [0.25, 0.3) is 0 Å². The highest BCUT2D eigenvalue weighted by atomic mass is 16.5. The van der Waals surface area contributed by atoms with Crippen LogP contribution in [0.5, 0.6) is 0 Å². The number of aromatic amines is 1. The van der Waals surface area contributed by atoms with Gasteiger partial charge in [-0.2, -0.15) is 0 Å². The third-order valence-electron chi connectivity index (χ3n) is 3.74. The number of nitrogens with zero attached hydrogens (tertiary/aromatic N) is 1. The maximum Gasteiger partial charge on any atom is 0.123 e. The molecule has 0 saturated carbocycles. The molecule has 2 unspecified atom stereocenters. The topological polar surface area (TPSA) is 49.9 Å². The smallest absolute Gasteiger partial charge is 0.123 e. The highest BCUT2D eigenvalue weighted by Crippen LogP contribution is 2.33. The second-order valence-electron chi connectivity index (χ2n) is 4.86. The van der Waals surface area contributed by atoms with E-state index in [1.54, 1.807) is 6.20 Å². The Kier molecular flexibility index (Phi) is 3.62. The van der Waals surface area contributed by atoms with Crippen LogP contribution < -0.4 is 5.32 Å². The number of hydrogen-bond donors (Lipinski definition) is 2. The lowest BCUT2D eigenvalue weighted by Crippen LogP contribution is -2.24. The van der Waals surface area contributed by atoms with Crippen molar-refractivity contribution in [2.75, 3.05) is 13.7 Å². The molecule has 0 fully saturated rings. The van der Waals surface area contributed by atoms with Crippen LogP contribution in [0.3, 0.4) is 0 Å². The Labute approximate surface area is 113 Å². The van der Waals surface area contributed by atoms with E-state index in [0.29, 0.717) is 0 Å². The quantitative estimate of drug-likeness (QED) is 0.884. The van der Waals surface area contributed by atoms with Gasteiger partial charge in [0.25, 0.3) is 0 Å². The maximum atomic E-state index is 5.95. The Morgan fingerprint density at radius 1 is 1.47 bits per heavy atom. The Morgan fingerprint density at radius 2 is 2.37 bits per heavy atom. The average Bonchev–Trinajstić information content (AvgIpc) is 2.99. The van der Waals surface area contributed by atoms with Crippen LogP contribution in [0.15, 0.2) is 36.7 Å². The lowest BCUT2D eigenvalue weighted by molar-refractivity contribution is 0.0293. The monoisotopic (exact) mass is 257 g/mol. The second kappa shape index (κ2) is 5.55. The summed E-state index contributed by atoms with van der Waals surface area (Å²) in [4.78, 5) is 7.51. The summed E-state index contributed by atoms with van der Waals surface area (Å²) in [5, 5.41) is 3.31. The third kappa shape index (κ3) is 2.55. The first-order chi connectivity index (χ1) is 9.38. The van der Waals surface area contributed by atoms with Crippen molar-refractivity contribution >= 4 is 0 Å². The molecule has 0 bridgehead atoms. The van der Waals surface area contributed by atoms with Gasteiger partial charge in [0, 0.05) is 18.8 Å². The summed E-state index contributed by atoms with van der Waals surface area (Å²) in [7, 11) is 1.96. The number of ether oxygens (including phenoxy) is 1. The summed E-state index contributed by atoms with van der Waals surface area (Å²) in [6, 6.07) is 8.75. The number of aromatic nitrogens is 2. The van der Waals surface area contributed by atoms with Crippen molar-refractivity contribution in [3.8, 4) is 0 Å². The van der Waals surface area contributed by atoms with Crippen LogP contribution in [0.1, 0.15) is 35.5 Å². The van der Waals surface area contributed by atoms with Gasteiger partial charge in [0.1, 0.15) is 5.82 Å². The molecular weight excluding hydrogens is 238 g/mol. The first-order valence-corrected chi connectivity index (χ1v) is 6.74. The molecule has 2 heterocycles. The van der Waals surface area contributed by atoms with Gasteiger partial charge in [0.05, 0.1) is 18.8 Å². The van der Waals surface area contributed by atoms with Gasteiger partial charge in [-0.15, -0.1) is 0 Å². The van der Waals surface area contributed by atoms with Gasteiger partial charge in [-0.1, -0.05) is 24.3 Å². The van der Waals surface area contributed by atoms with E-state index < -0.39 is 0 Å². The number of nitrogens with one attached hydrogen (secondary N) is 2. The van der Waals surface area contributed by atoms with E-state index in [0.717, 1.165) is 25.3 Å². The average molecular weight is 257 g/mol. The van der Waals surface area contributed by atoms with Crippen molar-refractivity contribution in [2.45, 2.75) is 25.0 Å². The molecule has 1 aliphatic heterocycles. The van der Waals surface area contributed by atoms with E-state index in [4.69, 9.17) is 4.74 Å². The predicted molar refractivity (Wildman–Crippen MR) is 73.8 cm³/mol. The molecular formula is C15H19N3O. The standard InChI is InChI=1S/C15H19N3O/c1-16-13(15-17-7-8-18-15)10-14-12-5-3-2-4-11(12)6-9-19-14/h2-5,7-8,13-14,16H,6,9-10H2,1H3,(H,17,18). The zero-order chi connectivity index (χ0) is 13.1. The zero-order valence-electron chi connectivity index (χ0n) is 11.1. The fourth-order valence-electron chi connectivity index (χ4n) is 2.72. The number of rotatable bonds is 4. The zero-order valence-corrected chi connectivity index (χ0v) is 11.1. The Morgan fingerprint density at radius 3 is 3.16 bits per heavy atom. The molecule has 0 saturated heterocycles. The molecule has 0 spiro atoms. The SMILES string of the molecule is CNC(CC1OCCc2ccccc21)c1ncc[nH]1. The number of benzene rings is 1. The highest BCUT2D eigenvalue weighted by molar-refractivity contribution is 5.31. The Bertz CT molecular complexity index is 524. The molecule has 0 radical (unpaired) electrons. The van der Waals surface area contributed by atoms with E-state index in [9.17, 15) is 0 Å². The number of H-pyrrole nitrogens is 1. The molecule has 1 aromatic heterocycles. The summed E-state index contributed by atoms with van der Waals surface area (Å²) >= 11 is 0. The van der Waals surface area contributed by atoms with Gasteiger partial charge in [-0.3, -0.25) is 0 Å². The molecule has 2 aromatic rings. The van der Waals surface area contributed by atoms with E-state index in [2.05, 4.69) is 39.6 Å². The molecule has 19 heavy (non-hydrogen) atoms. The number of hydrogen-bond acceptors (Lipinski definition) is 3. The molecule has 4 heteroatoms. The van der Waals surface area contributed by atoms with Crippen LogP contribution in [-0.2, 0) is 11.2 Å². The molecule has 0 aliphatic carbocycles. The van der Waals surface area contributed by atoms with E-state index >= 15 is 0 Å². The normalized spacial score (nSPS) is 19.9. The van der Waals surface area contributed by atoms with Gasteiger partial charge in [-0.25, -0.2) is 4.98 Å². The summed E-state index contributed by atoms with van der Waals surface area (Å²) in [6.07, 6.45) is 5.69. The number of fused-ring (bicyclic) bond motifs is 1. The van der Waals surface area contributed by atoms with Gasteiger partial charge < -0.3 is 15.0 Å². The third-order valence-corrected chi connectivity index (χ3v) is 3.74. The van der Waals surface area contributed by atoms with Crippen LogP contribution in [-0.4, -0.2) is 23.6 Å². The Hall–Kier alpha value is -1.65. The van der Waals surface area contributed by atoms with Crippen LogP contribution in [0, 0.1) is 0 Å². The van der Waals surface area contributed by atoms with Crippen molar-refractivity contribution < 1.29 is 4.74 Å². The summed E-state index contributed by atoms with van der Waals surface area (Å²) in [5.74, 6) is 0.967. The lowest BCUT2D eigenvalue weighted by atomic mass is 9.93. The molecule has 1 aromatic carbocycles. The van der Waals surface area contributed by atoms with E-state index in [1.165, 1.54) is 11.1 Å². The molecule has 2 atom stereocenters. The van der Waals surface area contributed by atoms with Crippen LogP contribution in [0.4, 0.5) is 0 Å². The van der Waals surface area contributed by atoms with Crippen molar-refractivity contribution in [2.24, 2.45) is 0 Å². The second-order valence-corrected chi connectivity index (χ2v) is 4.86. The van der Waals surface area contributed by atoms with Gasteiger partial charge in [-0.05, 0) is 24.6 Å². The van der Waals surface area contributed by atoms with E-state index in [-0.39, 0.29) is 12.1 Å². The fourth-order valence-corrected chi connectivity index (χ4v) is 2.72. The van der Waals surface area contributed by atoms with Crippen molar-refractivity contribution in [3.63, 3.8) is 0 Å². The fraction of sp³-hybridized carbons (Fsp3) is 0.400. The number of imidazole rings is 1. The minimum Gasteiger partial charge on any atom is -0.373 e. The summed E-state index contributed by atoms with van der Waals surface area (Å²) in [6.45, 7) is 0.802. The molecule has 100 valence electrons. The van der Waals surface area contributed by atoms with Gasteiger partial charge >= 0.3 is 0 Å². The van der Waals surface area contributed by atoms with Gasteiger partial charge in [0.15, 0.2) is 0 Å². The maximum absolute atomic E-state index is 5.95. The van der Waals surface area contributed by atoms with Crippen LogP contribution >= 0.6 is 0 Å². The highest BCUT2D eigenvalue weighted by Gasteiger charge is 2.25. The van der Waals surface area contributed by atoms with Crippen molar-refractivity contribution in [1.29, 1.82) is 0 Å². The van der Waals surface area contributed by atoms with E-state index in [1.807, 2.05) is 13.2 Å². The minimum atomic E-state index is 0.146. The minimum absolute atomic E-state index is 0.146. The molecule has 2 N–H and O–H groups in total. The first-order valence-electron chi connectivity index (χ1n) is 6.74. The van der Waals surface area contributed by atoms with Crippen molar-refractivity contribution in [3.05, 3.63) is 53.6 Å². The molecule has 3 rings (SSSR count). The van der Waals surface area contributed by atoms with Crippen LogP contribution in [0.2, 0.25) is 0 Å². The molecule has 1 aliphatic rings. The molecule has 0 amide bonds.